The molecule has 29 heavy (non-hydrogen) atoms. The lowest BCUT2D eigenvalue weighted by molar-refractivity contribution is 0.0590. The van der Waals surface area contributed by atoms with E-state index in [0.29, 0.717) is 24.0 Å². The Kier molecular flexibility index (Phi) is 4.73. The van der Waals surface area contributed by atoms with Crippen LogP contribution in [0.4, 0.5) is 0 Å². The quantitative estimate of drug-likeness (QED) is 0.548. The van der Waals surface area contributed by atoms with Crippen molar-refractivity contribution >= 4 is 27.5 Å². The van der Waals surface area contributed by atoms with Crippen LogP contribution in [0.2, 0.25) is 0 Å². The molecule has 7 heteroatoms. The summed E-state index contributed by atoms with van der Waals surface area (Å²) in [4.78, 5) is 19.2. The van der Waals surface area contributed by atoms with Crippen LogP contribution in [-0.2, 0) is 0 Å². The minimum atomic E-state index is -0.0156. The predicted octanol–water partition coefficient (Wildman–Crippen LogP) is 4.37. The van der Waals surface area contributed by atoms with E-state index in [1.165, 1.54) is 0 Å². The molecule has 1 aliphatic heterocycles. The number of para-hydroxylation sites is 1. The molecule has 3 heterocycles. The summed E-state index contributed by atoms with van der Waals surface area (Å²) >= 11 is 1.57. The summed E-state index contributed by atoms with van der Waals surface area (Å²) in [5, 5.41) is 7.88. The molecule has 1 amide bonds. The fourth-order valence-corrected chi connectivity index (χ4v) is 4.46. The summed E-state index contributed by atoms with van der Waals surface area (Å²) in [6.07, 6.45) is 1.67. The molecule has 0 spiro atoms. The van der Waals surface area contributed by atoms with E-state index < -0.39 is 0 Å². The molecule has 1 aliphatic rings. The van der Waals surface area contributed by atoms with Crippen molar-refractivity contribution in [3.05, 3.63) is 66.4 Å². The Morgan fingerprint density at radius 3 is 2.62 bits per heavy atom. The maximum Gasteiger partial charge on any atom is 0.274 e. The van der Waals surface area contributed by atoms with E-state index in [1.54, 1.807) is 11.3 Å². The average Bonchev–Trinajstić information content (AvgIpc) is 3.41. The number of hydrogen-bond donors (Lipinski definition) is 1. The first-order chi connectivity index (χ1) is 14.3. The van der Waals surface area contributed by atoms with E-state index >= 15 is 0 Å². The molecule has 0 aliphatic carbocycles. The summed E-state index contributed by atoms with van der Waals surface area (Å²) in [7, 11) is 0. The Hall–Kier alpha value is -3.19. The zero-order valence-electron chi connectivity index (χ0n) is 15.7. The number of fused-ring (bicyclic) bond motifs is 1. The molecule has 1 N–H and O–H groups in total. The fraction of sp³-hybridized carbons (Fsp3) is 0.227. The van der Waals surface area contributed by atoms with Gasteiger partial charge in [0.25, 0.3) is 11.1 Å². The van der Waals surface area contributed by atoms with Crippen molar-refractivity contribution in [3.63, 3.8) is 0 Å². The Bertz CT molecular complexity index is 1100. The van der Waals surface area contributed by atoms with Crippen LogP contribution in [0.25, 0.3) is 21.5 Å². The number of benzene rings is 2. The van der Waals surface area contributed by atoms with Gasteiger partial charge in [-0.25, -0.2) is 4.98 Å². The highest BCUT2D eigenvalue weighted by molar-refractivity contribution is 7.20. The number of nitrogens with one attached hydrogen (secondary N) is 1. The summed E-state index contributed by atoms with van der Waals surface area (Å²) in [6.45, 7) is 1.32. The maximum absolute atomic E-state index is 12.8. The zero-order valence-corrected chi connectivity index (χ0v) is 16.6. The molecule has 2 aromatic heterocycles. The number of H-pyrrole nitrogens is 1. The van der Waals surface area contributed by atoms with Gasteiger partial charge in [0.1, 0.15) is 11.8 Å². The number of amides is 1. The van der Waals surface area contributed by atoms with Crippen LogP contribution in [0.15, 0.2) is 60.7 Å². The Labute approximate surface area is 172 Å². The van der Waals surface area contributed by atoms with Crippen LogP contribution >= 0.6 is 11.3 Å². The van der Waals surface area contributed by atoms with Gasteiger partial charge in [-0.2, -0.15) is 5.10 Å². The molecular formula is C22H20N4O2S. The van der Waals surface area contributed by atoms with E-state index in [-0.39, 0.29) is 12.0 Å². The average molecular weight is 404 g/mol. The highest BCUT2D eigenvalue weighted by Gasteiger charge is 2.26. The molecule has 0 radical (unpaired) electrons. The number of rotatable bonds is 4. The molecule has 1 saturated heterocycles. The number of likely N-dealkylation sites (tertiary alicyclic amines) is 1. The van der Waals surface area contributed by atoms with Gasteiger partial charge in [-0.1, -0.05) is 53.8 Å². The number of hydrogen-bond acceptors (Lipinski definition) is 5. The maximum atomic E-state index is 12.8. The van der Waals surface area contributed by atoms with Gasteiger partial charge in [-0.05, 0) is 18.2 Å². The second-order valence-corrected chi connectivity index (χ2v) is 8.08. The van der Waals surface area contributed by atoms with Gasteiger partial charge in [0, 0.05) is 31.5 Å². The molecule has 1 fully saturated rings. The van der Waals surface area contributed by atoms with E-state index in [2.05, 4.69) is 21.2 Å². The van der Waals surface area contributed by atoms with Gasteiger partial charge in [0.05, 0.1) is 15.9 Å². The molecule has 0 saturated carbocycles. The highest BCUT2D eigenvalue weighted by atomic mass is 32.1. The minimum absolute atomic E-state index is 0.0156. The minimum Gasteiger partial charge on any atom is -0.467 e. The predicted molar refractivity (Wildman–Crippen MR) is 113 cm³/mol. The van der Waals surface area contributed by atoms with Crippen molar-refractivity contribution < 1.29 is 9.53 Å². The first-order valence-electron chi connectivity index (χ1n) is 9.68. The van der Waals surface area contributed by atoms with Crippen molar-refractivity contribution in [2.45, 2.75) is 18.9 Å². The second-order valence-electron chi connectivity index (χ2n) is 7.09. The Morgan fingerprint density at radius 1 is 1.07 bits per heavy atom. The summed E-state index contributed by atoms with van der Waals surface area (Å²) < 4.78 is 7.21. The third-order valence-electron chi connectivity index (χ3n) is 5.15. The van der Waals surface area contributed by atoms with Crippen LogP contribution in [0.3, 0.4) is 0 Å². The molecule has 6 nitrogen and oxygen atoms in total. The van der Waals surface area contributed by atoms with Crippen molar-refractivity contribution in [2.75, 3.05) is 13.1 Å². The number of carbonyl (C=O) groups excluding carboxylic acids is 1. The largest absolute Gasteiger partial charge is 0.467 e. The lowest BCUT2D eigenvalue weighted by Crippen LogP contribution is -2.41. The molecular weight excluding hydrogens is 384 g/mol. The van der Waals surface area contributed by atoms with Gasteiger partial charge in [0.2, 0.25) is 0 Å². The van der Waals surface area contributed by atoms with Crippen LogP contribution in [-0.4, -0.2) is 45.2 Å². The second kappa shape index (κ2) is 7.67. The third kappa shape index (κ3) is 3.73. The van der Waals surface area contributed by atoms with E-state index in [4.69, 9.17) is 4.74 Å². The highest BCUT2D eigenvalue weighted by Crippen LogP contribution is 2.29. The molecule has 0 unspecified atom stereocenters. The van der Waals surface area contributed by atoms with E-state index in [0.717, 1.165) is 34.3 Å². The molecule has 5 rings (SSSR count). The van der Waals surface area contributed by atoms with Crippen molar-refractivity contribution in [1.82, 2.24) is 20.1 Å². The Morgan fingerprint density at radius 2 is 1.83 bits per heavy atom. The number of ether oxygens (including phenoxy) is 1. The lowest BCUT2D eigenvalue weighted by atomic mass is 10.1. The van der Waals surface area contributed by atoms with Crippen LogP contribution in [0, 0.1) is 0 Å². The van der Waals surface area contributed by atoms with E-state index in [9.17, 15) is 4.79 Å². The number of nitrogens with zero attached hydrogens (tertiary/aromatic N) is 3. The van der Waals surface area contributed by atoms with Crippen LogP contribution in [0.1, 0.15) is 23.3 Å². The van der Waals surface area contributed by atoms with Crippen molar-refractivity contribution in [2.24, 2.45) is 0 Å². The summed E-state index contributed by atoms with van der Waals surface area (Å²) in [6, 6.07) is 19.7. The monoisotopic (exact) mass is 404 g/mol. The molecule has 146 valence electrons. The summed E-state index contributed by atoms with van der Waals surface area (Å²) in [5.41, 5.74) is 3.26. The topological polar surface area (TPSA) is 71.1 Å². The first-order valence-corrected chi connectivity index (χ1v) is 10.5. The van der Waals surface area contributed by atoms with Gasteiger partial charge < -0.3 is 9.64 Å². The smallest absolute Gasteiger partial charge is 0.274 e. The van der Waals surface area contributed by atoms with Crippen LogP contribution < -0.4 is 4.74 Å². The number of aromatic amines is 1. The number of thiazole rings is 1. The normalized spacial score (nSPS) is 15.0. The first kappa shape index (κ1) is 17.9. The molecule has 0 atom stereocenters. The molecule has 0 bridgehead atoms. The third-order valence-corrected chi connectivity index (χ3v) is 6.08. The molecule has 2 aromatic carbocycles. The summed E-state index contributed by atoms with van der Waals surface area (Å²) in [5.74, 6) is -0.0156. The number of carbonyl (C=O) groups is 1. The Balaban J connectivity index is 1.20. The number of piperidine rings is 1. The fourth-order valence-electron chi connectivity index (χ4n) is 3.58. The van der Waals surface area contributed by atoms with Crippen LogP contribution in [0.5, 0.6) is 5.19 Å². The van der Waals surface area contributed by atoms with Gasteiger partial charge in [-0.3, -0.25) is 9.89 Å². The van der Waals surface area contributed by atoms with Gasteiger partial charge >= 0.3 is 0 Å². The standard InChI is InChI=1S/C22H20N4O2S/c27-21(19-14-18(24-25-19)15-6-2-1-3-7-15)26-12-10-16(11-13-26)28-22-23-17-8-4-5-9-20(17)29-22/h1-9,14,16H,10-13H2,(H,24,25). The SMILES string of the molecule is O=C(c1cc(-c2ccccc2)n[nH]1)N1CCC(Oc2nc3ccccc3s2)CC1. The van der Waals surface area contributed by atoms with Gasteiger partial charge in [0.15, 0.2) is 0 Å². The van der Waals surface area contributed by atoms with Crippen molar-refractivity contribution in [3.8, 4) is 16.5 Å². The lowest BCUT2D eigenvalue weighted by Gasteiger charge is -2.31. The van der Waals surface area contributed by atoms with E-state index in [1.807, 2.05) is 59.5 Å². The van der Waals surface area contributed by atoms with Gasteiger partial charge in [-0.15, -0.1) is 0 Å². The number of aromatic nitrogens is 3. The zero-order chi connectivity index (χ0) is 19.6. The van der Waals surface area contributed by atoms with Crippen molar-refractivity contribution in [1.29, 1.82) is 0 Å². The molecule has 4 aromatic rings.